The molecule has 0 unspecified atom stereocenters. The second-order valence-electron chi connectivity index (χ2n) is 7.53. The number of nitrogens with zero attached hydrogens (tertiary/aromatic N) is 1. The Labute approximate surface area is 156 Å². The molecule has 11 heteroatoms. The first-order valence-corrected chi connectivity index (χ1v) is 10.1. The number of esters is 1. The SMILES string of the molecule is Cc1cn([C@H]2C[C@@H](OS(C)(=O)=O)[C@@H](COC(=O)C(C)(C)C)O2)c(=O)[nH]c1=O. The van der Waals surface area contributed by atoms with Crippen molar-refractivity contribution in [1.82, 2.24) is 9.55 Å². The van der Waals surface area contributed by atoms with Crippen LogP contribution in [-0.2, 0) is 28.6 Å². The molecular formula is C16H24N2O8S. The maximum absolute atomic E-state index is 12.1. The van der Waals surface area contributed by atoms with Crippen LogP contribution in [0, 0.1) is 12.3 Å². The van der Waals surface area contributed by atoms with Crippen LogP contribution in [0.4, 0.5) is 0 Å². The highest BCUT2D eigenvalue weighted by molar-refractivity contribution is 7.86. The van der Waals surface area contributed by atoms with E-state index in [2.05, 4.69) is 4.98 Å². The normalized spacial score (nSPS) is 23.4. The predicted octanol–water partition coefficient (Wildman–Crippen LogP) is 0.0666. The summed E-state index contributed by atoms with van der Waals surface area (Å²) in [4.78, 5) is 37.7. The molecule has 0 aromatic carbocycles. The van der Waals surface area contributed by atoms with E-state index in [1.165, 1.54) is 13.1 Å². The number of carbonyl (C=O) groups excluding carboxylic acids is 1. The smallest absolute Gasteiger partial charge is 0.330 e. The number of H-pyrrole nitrogens is 1. The zero-order valence-electron chi connectivity index (χ0n) is 15.8. The number of hydrogen-bond donors (Lipinski definition) is 1. The van der Waals surface area contributed by atoms with Crippen LogP contribution in [0.2, 0.25) is 0 Å². The Balaban J connectivity index is 2.24. The molecular weight excluding hydrogens is 380 g/mol. The molecule has 0 bridgehead atoms. The van der Waals surface area contributed by atoms with Gasteiger partial charge in [-0.25, -0.2) is 4.79 Å². The third kappa shape index (κ3) is 5.50. The van der Waals surface area contributed by atoms with Gasteiger partial charge in [-0.15, -0.1) is 0 Å². The van der Waals surface area contributed by atoms with E-state index < -0.39 is 51.2 Å². The summed E-state index contributed by atoms with van der Waals surface area (Å²) in [6.45, 7) is 6.34. The number of ether oxygens (including phenoxy) is 2. The zero-order valence-corrected chi connectivity index (χ0v) is 16.7. The Hall–Kier alpha value is -1.98. The molecule has 1 N–H and O–H groups in total. The third-order valence-corrected chi connectivity index (χ3v) is 4.52. The van der Waals surface area contributed by atoms with E-state index >= 15 is 0 Å². The summed E-state index contributed by atoms with van der Waals surface area (Å²) in [6.07, 6.45) is -0.469. The minimum absolute atomic E-state index is 0.0240. The van der Waals surface area contributed by atoms with Gasteiger partial charge in [0, 0.05) is 18.2 Å². The lowest BCUT2D eigenvalue weighted by Gasteiger charge is -2.21. The maximum Gasteiger partial charge on any atom is 0.330 e. The lowest BCUT2D eigenvalue weighted by atomic mass is 9.97. The highest BCUT2D eigenvalue weighted by Crippen LogP contribution is 2.31. The molecule has 1 aliphatic rings. The van der Waals surface area contributed by atoms with Crippen molar-refractivity contribution in [2.45, 2.75) is 52.6 Å². The van der Waals surface area contributed by atoms with Crippen LogP contribution in [0.3, 0.4) is 0 Å². The van der Waals surface area contributed by atoms with Crippen LogP contribution in [0.15, 0.2) is 15.8 Å². The minimum atomic E-state index is -3.80. The van der Waals surface area contributed by atoms with Gasteiger partial charge < -0.3 is 9.47 Å². The molecule has 27 heavy (non-hydrogen) atoms. The van der Waals surface area contributed by atoms with Crippen molar-refractivity contribution in [3.8, 4) is 0 Å². The average molecular weight is 404 g/mol. The molecule has 1 fully saturated rings. The fraction of sp³-hybridized carbons (Fsp3) is 0.688. The highest BCUT2D eigenvalue weighted by Gasteiger charge is 2.41. The molecule has 1 aliphatic heterocycles. The van der Waals surface area contributed by atoms with Gasteiger partial charge in [-0.05, 0) is 27.7 Å². The summed E-state index contributed by atoms with van der Waals surface area (Å²) in [7, 11) is -3.80. The molecule has 0 aliphatic carbocycles. The van der Waals surface area contributed by atoms with Crippen LogP contribution in [0.1, 0.15) is 39.0 Å². The summed E-state index contributed by atoms with van der Waals surface area (Å²) in [6, 6.07) is 0. The molecule has 2 heterocycles. The zero-order chi connectivity index (χ0) is 20.6. The molecule has 10 nitrogen and oxygen atoms in total. The first-order valence-electron chi connectivity index (χ1n) is 8.31. The Morgan fingerprint density at radius 1 is 1.37 bits per heavy atom. The number of nitrogens with one attached hydrogen (secondary N) is 1. The summed E-state index contributed by atoms with van der Waals surface area (Å²) >= 11 is 0. The maximum atomic E-state index is 12.1. The molecule has 0 spiro atoms. The van der Waals surface area contributed by atoms with Crippen LogP contribution in [0.5, 0.6) is 0 Å². The molecule has 0 radical (unpaired) electrons. The second-order valence-corrected chi connectivity index (χ2v) is 9.13. The lowest BCUT2D eigenvalue weighted by molar-refractivity contribution is -0.158. The number of hydrogen-bond acceptors (Lipinski definition) is 8. The van der Waals surface area contributed by atoms with Crippen LogP contribution >= 0.6 is 0 Å². The van der Waals surface area contributed by atoms with Gasteiger partial charge in [0.25, 0.3) is 15.7 Å². The van der Waals surface area contributed by atoms with Crippen molar-refractivity contribution < 1.29 is 26.9 Å². The molecule has 0 amide bonds. The Morgan fingerprint density at radius 3 is 2.56 bits per heavy atom. The van der Waals surface area contributed by atoms with Crippen LogP contribution in [-0.4, -0.2) is 49.0 Å². The van der Waals surface area contributed by atoms with Crippen molar-refractivity contribution in [3.05, 3.63) is 32.6 Å². The van der Waals surface area contributed by atoms with E-state index in [0.717, 1.165) is 10.8 Å². The monoisotopic (exact) mass is 404 g/mol. The van der Waals surface area contributed by atoms with E-state index in [9.17, 15) is 22.8 Å². The number of rotatable bonds is 5. The summed E-state index contributed by atoms with van der Waals surface area (Å²) in [5, 5.41) is 0. The molecule has 3 atom stereocenters. The van der Waals surface area contributed by atoms with Crippen LogP contribution < -0.4 is 11.2 Å². The van der Waals surface area contributed by atoms with Gasteiger partial charge in [0.2, 0.25) is 0 Å². The number of carbonyl (C=O) groups is 1. The van der Waals surface area contributed by atoms with E-state index in [1.807, 2.05) is 0 Å². The van der Waals surface area contributed by atoms with E-state index in [4.69, 9.17) is 13.7 Å². The molecule has 2 rings (SSSR count). The number of aryl methyl sites for hydroxylation is 1. The molecule has 152 valence electrons. The van der Waals surface area contributed by atoms with Gasteiger partial charge in [-0.3, -0.25) is 23.3 Å². The van der Waals surface area contributed by atoms with Crippen LogP contribution in [0.25, 0.3) is 0 Å². The Morgan fingerprint density at radius 2 is 2.00 bits per heavy atom. The Bertz CT molecular complexity index is 925. The lowest BCUT2D eigenvalue weighted by Crippen LogP contribution is -2.34. The van der Waals surface area contributed by atoms with Crippen molar-refractivity contribution in [2.75, 3.05) is 12.9 Å². The molecule has 1 aromatic rings. The van der Waals surface area contributed by atoms with Gasteiger partial charge in [-0.1, -0.05) is 0 Å². The molecule has 0 saturated carbocycles. The third-order valence-electron chi connectivity index (χ3n) is 3.93. The van der Waals surface area contributed by atoms with Crippen molar-refractivity contribution >= 4 is 16.1 Å². The van der Waals surface area contributed by atoms with Gasteiger partial charge in [0.15, 0.2) is 0 Å². The first kappa shape index (κ1) is 21.3. The summed E-state index contributed by atoms with van der Waals surface area (Å²) in [5.74, 6) is -0.482. The van der Waals surface area contributed by atoms with E-state index in [-0.39, 0.29) is 13.0 Å². The second kappa shape index (κ2) is 7.56. The minimum Gasteiger partial charge on any atom is -0.462 e. The summed E-state index contributed by atoms with van der Waals surface area (Å²) in [5.41, 5.74) is -1.66. The van der Waals surface area contributed by atoms with Gasteiger partial charge >= 0.3 is 11.7 Å². The predicted molar refractivity (Wildman–Crippen MR) is 94.7 cm³/mol. The van der Waals surface area contributed by atoms with Gasteiger partial charge in [0.05, 0.1) is 11.7 Å². The van der Waals surface area contributed by atoms with Gasteiger partial charge in [0.1, 0.15) is 25.0 Å². The quantitative estimate of drug-likeness (QED) is 0.538. The summed E-state index contributed by atoms with van der Waals surface area (Å²) < 4.78 is 40.2. The molecule has 1 aromatic heterocycles. The fourth-order valence-electron chi connectivity index (χ4n) is 2.52. The first-order chi connectivity index (χ1) is 12.3. The number of aromatic nitrogens is 2. The average Bonchev–Trinajstić information content (AvgIpc) is 2.88. The fourth-order valence-corrected chi connectivity index (χ4v) is 3.17. The van der Waals surface area contributed by atoms with Crippen molar-refractivity contribution in [2.24, 2.45) is 5.41 Å². The van der Waals surface area contributed by atoms with E-state index in [0.29, 0.717) is 5.56 Å². The molecule has 1 saturated heterocycles. The largest absolute Gasteiger partial charge is 0.462 e. The standard InChI is InChI=1S/C16H24N2O8S/c1-9-7-18(15(21)17-13(9)19)12-6-10(26-27(5,22)23)11(25-12)8-24-14(20)16(2,3)4/h7,10-12H,6,8H2,1-5H3,(H,17,19,21)/t10-,11-,12-/m1/s1. The van der Waals surface area contributed by atoms with Crippen molar-refractivity contribution in [1.29, 1.82) is 0 Å². The van der Waals surface area contributed by atoms with Gasteiger partial charge in [-0.2, -0.15) is 8.42 Å². The Kier molecular flexibility index (Phi) is 5.97. The topological polar surface area (TPSA) is 134 Å². The highest BCUT2D eigenvalue weighted by atomic mass is 32.2. The van der Waals surface area contributed by atoms with E-state index in [1.54, 1.807) is 20.8 Å². The van der Waals surface area contributed by atoms with Crippen molar-refractivity contribution in [3.63, 3.8) is 0 Å². The number of aromatic amines is 1.